The number of halogens is 2. The summed E-state index contributed by atoms with van der Waals surface area (Å²) in [4.78, 5) is 15.9. The standard InChI is InChI=1S/C19H30F2N4O4/c1-5-22-17(23-10-11-24-18(27)29-19(2,3)4)25-12-15(26)13-6-8-14(9-7-13)28-16(20)21/h6-9,15-16,26H,5,10-12H2,1-4H3,(H,24,27)(H2,22,23,25). The zero-order valence-corrected chi connectivity index (χ0v) is 17.2. The molecule has 1 rings (SSSR count). The number of aliphatic hydroxyl groups excluding tert-OH is 1. The summed E-state index contributed by atoms with van der Waals surface area (Å²) in [7, 11) is 0. The number of amides is 1. The highest BCUT2D eigenvalue weighted by atomic mass is 19.3. The van der Waals surface area contributed by atoms with Crippen LogP contribution in [-0.4, -0.2) is 55.6 Å². The van der Waals surface area contributed by atoms with E-state index >= 15 is 0 Å². The van der Waals surface area contributed by atoms with Gasteiger partial charge >= 0.3 is 12.7 Å². The van der Waals surface area contributed by atoms with Gasteiger partial charge in [-0.05, 0) is 45.4 Å². The van der Waals surface area contributed by atoms with Crippen molar-refractivity contribution >= 4 is 12.1 Å². The second-order valence-corrected chi connectivity index (χ2v) is 7.04. The summed E-state index contributed by atoms with van der Waals surface area (Å²) in [6.07, 6.45) is -1.41. The lowest BCUT2D eigenvalue weighted by Crippen LogP contribution is -2.42. The molecule has 4 N–H and O–H groups in total. The number of carbonyl (C=O) groups is 1. The number of nitrogens with zero attached hydrogens (tertiary/aromatic N) is 1. The number of hydrogen-bond acceptors (Lipinski definition) is 5. The highest BCUT2D eigenvalue weighted by Crippen LogP contribution is 2.19. The summed E-state index contributed by atoms with van der Waals surface area (Å²) in [5.74, 6) is 0.488. The van der Waals surface area contributed by atoms with E-state index in [0.717, 1.165) is 0 Å². The Bertz CT molecular complexity index is 649. The van der Waals surface area contributed by atoms with Gasteiger partial charge in [0.25, 0.3) is 0 Å². The Morgan fingerprint density at radius 2 is 1.76 bits per heavy atom. The molecule has 1 unspecified atom stereocenters. The molecule has 0 fully saturated rings. The van der Waals surface area contributed by atoms with Gasteiger partial charge < -0.3 is 30.5 Å². The maximum absolute atomic E-state index is 12.2. The fraction of sp³-hybridized carbons (Fsp3) is 0.579. The van der Waals surface area contributed by atoms with Gasteiger partial charge in [-0.2, -0.15) is 8.78 Å². The maximum Gasteiger partial charge on any atom is 0.407 e. The highest BCUT2D eigenvalue weighted by molar-refractivity contribution is 5.79. The van der Waals surface area contributed by atoms with Gasteiger partial charge in [-0.3, -0.25) is 4.99 Å². The fourth-order valence-electron chi connectivity index (χ4n) is 2.16. The summed E-state index contributed by atoms with van der Waals surface area (Å²) in [5, 5.41) is 18.9. The number of carbonyl (C=O) groups excluding carboxylic acids is 1. The molecule has 0 saturated heterocycles. The van der Waals surface area contributed by atoms with Crippen LogP contribution in [0.25, 0.3) is 0 Å². The molecule has 1 amide bonds. The van der Waals surface area contributed by atoms with E-state index in [1.807, 2.05) is 6.92 Å². The number of hydrogen-bond donors (Lipinski definition) is 4. The van der Waals surface area contributed by atoms with Crippen LogP contribution in [0.3, 0.4) is 0 Å². The second-order valence-electron chi connectivity index (χ2n) is 7.04. The zero-order valence-electron chi connectivity index (χ0n) is 17.2. The van der Waals surface area contributed by atoms with E-state index in [1.54, 1.807) is 20.8 Å². The van der Waals surface area contributed by atoms with E-state index in [-0.39, 0.29) is 12.3 Å². The van der Waals surface area contributed by atoms with Gasteiger partial charge in [-0.1, -0.05) is 12.1 Å². The van der Waals surface area contributed by atoms with E-state index in [1.165, 1.54) is 24.3 Å². The average Bonchev–Trinajstić information content (AvgIpc) is 2.61. The van der Waals surface area contributed by atoms with Gasteiger partial charge in [0.05, 0.1) is 12.6 Å². The first-order valence-electron chi connectivity index (χ1n) is 9.32. The van der Waals surface area contributed by atoms with Crippen LogP contribution >= 0.6 is 0 Å². The number of aliphatic hydroxyl groups is 1. The summed E-state index contributed by atoms with van der Waals surface area (Å²) in [6.45, 7) is 5.75. The lowest BCUT2D eigenvalue weighted by Gasteiger charge is -2.20. The minimum Gasteiger partial charge on any atom is -0.444 e. The largest absolute Gasteiger partial charge is 0.444 e. The molecule has 0 aromatic heterocycles. The first kappa shape index (κ1) is 24.4. The molecule has 8 nitrogen and oxygen atoms in total. The summed E-state index contributed by atoms with van der Waals surface area (Å²) < 4.78 is 33.8. The molecule has 1 atom stereocenters. The summed E-state index contributed by atoms with van der Waals surface area (Å²) in [5.41, 5.74) is -0.0359. The molecular formula is C19H30F2N4O4. The first-order valence-corrected chi connectivity index (χ1v) is 9.32. The smallest absolute Gasteiger partial charge is 0.407 e. The third-order valence-corrected chi connectivity index (χ3v) is 3.34. The van der Waals surface area contributed by atoms with Crippen molar-refractivity contribution in [2.75, 3.05) is 26.2 Å². The maximum atomic E-state index is 12.2. The third kappa shape index (κ3) is 11.1. The highest BCUT2D eigenvalue weighted by Gasteiger charge is 2.15. The molecule has 1 aromatic carbocycles. The van der Waals surface area contributed by atoms with Crippen LogP contribution in [0.5, 0.6) is 5.75 Å². The van der Waals surface area contributed by atoms with E-state index in [4.69, 9.17) is 4.74 Å². The van der Waals surface area contributed by atoms with E-state index in [9.17, 15) is 18.7 Å². The monoisotopic (exact) mass is 416 g/mol. The number of rotatable bonds is 9. The molecule has 0 aliphatic carbocycles. The van der Waals surface area contributed by atoms with Crippen LogP contribution in [0.15, 0.2) is 29.3 Å². The fourth-order valence-corrected chi connectivity index (χ4v) is 2.16. The summed E-state index contributed by atoms with van der Waals surface area (Å²) >= 11 is 0. The van der Waals surface area contributed by atoms with Crippen molar-refractivity contribution in [1.82, 2.24) is 16.0 Å². The van der Waals surface area contributed by atoms with Crippen LogP contribution in [0.4, 0.5) is 13.6 Å². The van der Waals surface area contributed by atoms with Gasteiger partial charge in [0.15, 0.2) is 5.96 Å². The lowest BCUT2D eigenvalue weighted by molar-refractivity contribution is -0.0498. The van der Waals surface area contributed by atoms with Crippen LogP contribution in [0.1, 0.15) is 39.4 Å². The molecule has 0 spiro atoms. The molecule has 0 heterocycles. The molecule has 0 saturated carbocycles. The molecule has 29 heavy (non-hydrogen) atoms. The lowest BCUT2D eigenvalue weighted by atomic mass is 10.1. The average molecular weight is 416 g/mol. The molecule has 0 aliphatic rings. The van der Waals surface area contributed by atoms with Crippen LogP contribution in [0.2, 0.25) is 0 Å². The number of benzene rings is 1. The Morgan fingerprint density at radius 3 is 2.31 bits per heavy atom. The van der Waals surface area contributed by atoms with Crippen molar-refractivity contribution in [3.8, 4) is 5.75 Å². The normalized spacial score (nSPS) is 13.0. The van der Waals surface area contributed by atoms with Gasteiger partial charge in [0.1, 0.15) is 11.4 Å². The first-order chi connectivity index (χ1) is 13.6. The number of guanidine groups is 1. The Hall–Kier alpha value is -2.62. The van der Waals surface area contributed by atoms with E-state index < -0.39 is 24.4 Å². The predicted octanol–water partition coefficient (Wildman–Crippen LogP) is 2.40. The van der Waals surface area contributed by atoms with Crippen LogP contribution in [-0.2, 0) is 4.74 Å². The minimum atomic E-state index is -2.89. The predicted molar refractivity (Wildman–Crippen MR) is 106 cm³/mol. The van der Waals surface area contributed by atoms with Crippen molar-refractivity contribution in [1.29, 1.82) is 0 Å². The topological polar surface area (TPSA) is 104 Å². The molecule has 10 heteroatoms. The molecule has 0 aliphatic heterocycles. The molecule has 164 valence electrons. The van der Waals surface area contributed by atoms with Crippen molar-refractivity contribution in [2.24, 2.45) is 4.99 Å². The molecular weight excluding hydrogens is 386 g/mol. The van der Waals surface area contributed by atoms with Gasteiger partial charge in [0.2, 0.25) is 0 Å². The third-order valence-electron chi connectivity index (χ3n) is 3.34. The molecule has 0 radical (unpaired) electrons. The van der Waals surface area contributed by atoms with Crippen molar-refractivity contribution in [3.63, 3.8) is 0 Å². The number of aliphatic imine (C=N–C) groups is 1. The van der Waals surface area contributed by atoms with Crippen molar-refractivity contribution < 1.29 is 28.2 Å². The molecule has 1 aromatic rings. The second kappa shape index (κ2) is 12.1. The van der Waals surface area contributed by atoms with Crippen LogP contribution in [0, 0.1) is 0 Å². The Labute approximate surface area is 169 Å². The SMILES string of the molecule is CCNC(=NCC(O)c1ccc(OC(F)F)cc1)NCCNC(=O)OC(C)(C)C. The number of alkyl halides is 2. The quantitative estimate of drug-likeness (QED) is 0.280. The zero-order chi connectivity index (χ0) is 21.9. The van der Waals surface area contributed by atoms with Crippen molar-refractivity contribution in [3.05, 3.63) is 29.8 Å². The number of alkyl carbamates (subject to hydrolysis) is 1. The Morgan fingerprint density at radius 1 is 1.14 bits per heavy atom. The number of nitrogens with one attached hydrogen (secondary N) is 3. The summed E-state index contributed by atoms with van der Waals surface area (Å²) in [6, 6.07) is 5.73. The van der Waals surface area contributed by atoms with E-state index in [2.05, 4.69) is 25.7 Å². The van der Waals surface area contributed by atoms with Crippen molar-refractivity contribution in [2.45, 2.75) is 46.0 Å². The van der Waals surface area contributed by atoms with Crippen LogP contribution < -0.4 is 20.7 Å². The van der Waals surface area contributed by atoms with Gasteiger partial charge in [-0.25, -0.2) is 4.79 Å². The van der Waals surface area contributed by atoms with Gasteiger partial charge in [0, 0.05) is 19.6 Å². The number of ether oxygens (including phenoxy) is 2. The molecule has 0 bridgehead atoms. The Kier molecular flexibility index (Phi) is 10.1. The van der Waals surface area contributed by atoms with Gasteiger partial charge in [-0.15, -0.1) is 0 Å². The minimum absolute atomic E-state index is 0.0203. The Balaban J connectivity index is 2.48. The van der Waals surface area contributed by atoms with E-state index in [0.29, 0.717) is 31.2 Å².